The van der Waals surface area contributed by atoms with E-state index in [0.717, 1.165) is 19.4 Å². The van der Waals surface area contributed by atoms with E-state index in [1.165, 1.54) is 0 Å². The van der Waals surface area contributed by atoms with E-state index in [1.807, 2.05) is 4.90 Å². The summed E-state index contributed by atoms with van der Waals surface area (Å²) < 4.78 is 0. The largest absolute Gasteiger partial charge is 0.343 e. The van der Waals surface area contributed by atoms with Gasteiger partial charge in [-0.05, 0) is 25.2 Å². The summed E-state index contributed by atoms with van der Waals surface area (Å²) in [6, 6.07) is 0. The van der Waals surface area contributed by atoms with Crippen molar-refractivity contribution in [3.05, 3.63) is 0 Å². The van der Waals surface area contributed by atoms with Gasteiger partial charge in [0.2, 0.25) is 11.8 Å². The molecule has 5 nitrogen and oxygen atoms in total. The van der Waals surface area contributed by atoms with Crippen molar-refractivity contribution in [1.82, 2.24) is 10.3 Å². The molecule has 0 aromatic rings. The first kappa shape index (κ1) is 13.0. The maximum absolute atomic E-state index is 11.7. The third-order valence-electron chi connectivity index (χ3n) is 3.09. The van der Waals surface area contributed by atoms with Gasteiger partial charge in [-0.1, -0.05) is 6.92 Å². The van der Waals surface area contributed by atoms with Crippen molar-refractivity contribution in [2.24, 2.45) is 11.8 Å². The summed E-state index contributed by atoms with van der Waals surface area (Å²) in [4.78, 5) is 24.5. The number of nitrogens with one attached hydrogen (secondary N) is 1. The van der Waals surface area contributed by atoms with Crippen LogP contribution in [-0.4, -0.2) is 29.8 Å². The lowest BCUT2D eigenvalue weighted by Crippen LogP contribution is -2.33. The molecule has 1 atom stereocenters. The molecule has 2 amide bonds. The normalized spacial score (nSPS) is 21.8. The van der Waals surface area contributed by atoms with Crippen LogP contribution in [0.4, 0.5) is 0 Å². The van der Waals surface area contributed by atoms with Gasteiger partial charge in [-0.2, -0.15) is 0 Å². The van der Waals surface area contributed by atoms with Gasteiger partial charge in [-0.15, -0.1) is 0 Å². The van der Waals surface area contributed by atoms with Gasteiger partial charge < -0.3 is 4.90 Å². The number of nitrogens with two attached hydrogens (primary N) is 1. The van der Waals surface area contributed by atoms with E-state index in [1.54, 1.807) is 0 Å². The molecule has 0 aliphatic carbocycles. The molecule has 5 heteroatoms. The van der Waals surface area contributed by atoms with Crippen LogP contribution in [0.3, 0.4) is 0 Å². The minimum atomic E-state index is -0.171. The number of nitrogens with zero attached hydrogens (tertiary/aromatic N) is 1. The van der Waals surface area contributed by atoms with Gasteiger partial charge in [0.1, 0.15) is 0 Å². The standard InChI is InChI=1S/C11H21N3O2/c1-9-4-5-11(16)14(8-6-9)7-2-3-10(15)13-12/h9H,2-8,12H2,1H3,(H,13,15). The van der Waals surface area contributed by atoms with Crippen LogP contribution in [0.1, 0.15) is 39.0 Å². The van der Waals surface area contributed by atoms with Crippen molar-refractivity contribution in [3.63, 3.8) is 0 Å². The highest BCUT2D eigenvalue weighted by Gasteiger charge is 2.19. The zero-order valence-corrected chi connectivity index (χ0v) is 9.87. The average Bonchev–Trinajstić information content (AvgIpc) is 2.43. The highest BCUT2D eigenvalue weighted by Crippen LogP contribution is 2.17. The molecular formula is C11H21N3O2. The lowest BCUT2D eigenvalue weighted by molar-refractivity contribution is -0.131. The Balaban J connectivity index is 2.29. The Morgan fingerprint density at radius 3 is 3.00 bits per heavy atom. The molecule has 1 heterocycles. The number of hydrogen-bond acceptors (Lipinski definition) is 3. The molecule has 1 rings (SSSR count). The SMILES string of the molecule is CC1CCC(=O)N(CCCC(=O)NN)CC1. The number of rotatable bonds is 4. The summed E-state index contributed by atoms with van der Waals surface area (Å²) in [5.41, 5.74) is 2.09. The van der Waals surface area contributed by atoms with Gasteiger partial charge in [-0.25, -0.2) is 5.84 Å². The second-order valence-electron chi connectivity index (χ2n) is 4.48. The van der Waals surface area contributed by atoms with Crippen molar-refractivity contribution in [3.8, 4) is 0 Å². The third-order valence-corrected chi connectivity index (χ3v) is 3.09. The molecule has 0 aromatic heterocycles. The minimum absolute atomic E-state index is 0.171. The van der Waals surface area contributed by atoms with Gasteiger partial charge in [0.25, 0.3) is 0 Å². The maximum atomic E-state index is 11.7. The molecule has 1 aliphatic heterocycles. The Kier molecular flexibility index (Phi) is 5.25. The van der Waals surface area contributed by atoms with E-state index in [4.69, 9.17) is 5.84 Å². The fourth-order valence-electron chi connectivity index (χ4n) is 1.91. The fourth-order valence-corrected chi connectivity index (χ4v) is 1.91. The topological polar surface area (TPSA) is 75.4 Å². The van der Waals surface area contributed by atoms with Crippen molar-refractivity contribution < 1.29 is 9.59 Å². The molecule has 16 heavy (non-hydrogen) atoms. The third kappa shape index (κ3) is 4.18. The zero-order chi connectivity index (χ0) is 12.0. The molecule has 0 saturated carbocycles. The first-order chi connectivity index (χ1) is 7.63. The second kappa shape index (κ2) is 6.48. The molecule has 92 valence electrons. The van der Waals surface area contributed by atoms with E-state index in [2.05, 4.69) is 12.3 Å². The molecule has 0 bridgehead atoms. The Morgan fingerprint density at radius 1 is 1.56 bits per heavy atom. The summed E-state index contributed by atoms with van der Waals surface area (Å²) in [5.74, 6) is 5.66. The number of hydrazine groups is 1. The fraction of sp³-hybridized carbons (Fsp3) is 0.818. The van der Waals surface area contributed by atoms with Gasteiger partial charge in [0.15, 0.2) is 0 Å². The van der Waals surface area contributed by atoms with E-state index in [-0.39, 0.29) is 11.8 Å². The van der Waals surface area contributed by atoms with E-state index in [0.29, 0.717) is 31.7 Å². The van der Waals surface area contributed by atoms with Crippen LogP contribution in [0.25, 0.3) is 0 Å². The molecule has 1 saturated heterocycles. The number of hydrogen-bond donors (Lipinski definition) is 2. The summed E-state index contributed by atoms with van der Waals surface area (Å²) >= 11 is 0. The van der Waals surface area contributed by atoms with Gasteiger partial charge >= 0.3 is 0 Å². The minimum Gasteiger partial charge on any atom is -0.343 e. The quantitative estimate of drug-likeness (QED) is 0.415. The Labute approximate surface area is 96.3 Å². The van der Waals surface area contributed by atoms with Crippen LogP contribution in [0.2, 0.25) is 0 Å². The highest BCUT2D eigenvalue weighted by atomic mass is 16.2. The van der Waals surface area contributed by atoms with Crippen molar-refractivity contribution in [2.75, 3.05) is 13.1 Å². The second-order valence-corrected chi connectivity index (χ2v) is 4.48. The van der Waals surface area contributed by atoms with Crippen LogP contribution in [0.15, 0.2) is 0 Å². The van der Waals surface area contributed by atoms with Crippen LogP contribution in [0, 0.1) is 5.92 Å². The number of carbonyl (C=O) groups is 2. The molecular weight excluding hydrogens is 206 g/mol. The number of amides is 2. The lowest BCUT2D eigenvalue weighted by atomic mass is 10.0. The van der Waals surface area contributed by atoms with Crippen molar-refractivity contribution in [1.29, 1.82) is 0 Å². The van der Waals surface area contributed by atoms with Gasteiger partial charge in [-0.3, -0.25) is 15.0 Å². The van der Waals surface area contributed by atoms with E-state index >= 15 is 0 Å². The summed E-state index contributed by atoms with van der Waals surface area (Å²) in [7, 11) is 0. The Bertz CT molecular complexity index is 256. The molecule has 1 aliphatic rings. The summed E-state index contributed by atoms with van der Waals surface area (Å²) in [5, 5.41) is 0. The van der Waals surface area contributed by atoms with E-state index < -0.39 is 0 Å². The monoisotopic (exact) mass is 227 g/mol. The predicted octanol–water partition coefficient (Wildman–Crippen LogP) is 0.405. The maximum Gasteiger partial charge on any atom is 0.233 e. The van der Waals surface area contributed by atoms with E-state index in [9.17, 15) is 9.59 Å². The Morgan fingerprint density at radius 2 is 2.31 bits per heavy atom. The number of carbonyl (C=O) groups excluding carboxylic acids is 2. The molecule has 3 N–H and O–H groups in total. The Hall–Kier alpha value is -1.10. The summed E-state index contributed by atoms with van der Waals surface area (Å²) in [6.45, 7) is 3.67. The molecule has 1 unspecified atom stereocenters. The highest BCUT2D eigenvalue weighted by molar-refractivity contribution is 5.77. The van der Waals surface area contributed by atoms with Crippen molar-refractivity contribution >= 4 is 11.8 Å². The van der Waals surface area contributed by atoms with Crippen LogP contribution in [-0.2, 0) is 9.59 Å². The van der Waals surface area contributed by atoms with Crippen LogP contribution < -0.4 is 11.3 Å². The van der Waals surface area contributed by atoms with Gasteiger partial charge in [0, 0.05) is 25.9 Å². The molecule has 0 spiro atoms. The smallest absolute Gasteiger partial charge is 0.233 e. The summed E-state index contributed by atoms with van der Waals surface area (Å²) in [6.07, 6.45) is 3.76. The van der Waals surface area contributed by atoms with Crippen LogP contribution >= 0.6 is 0 Å². The van der Waals surface area contributed by atoms with Gasteiger partial charge in [0.05, 0.1) is 0 Å². The zero-order valence-electron chi connectivity index (χ0n) is 9.87. The average molecular weight is 227 g/mol. The van der Waals surface area contributed by atoms with Crippen molar-refractivity contribution in [2.45, 2.75) is 39.0 Å². The molecule has 0 radical (unpaired) electrons. The molecule has 0 aromatic carbocycles. The van der Waals surface area contributed by atoms with Crippen LogP contribution in [0.5, 0.6) is 0 Å². The first-order valence-electron chi connectivity index (χ1n) is 5.90. The lowest BCUT2D eigenvalue weighted by Gasteiger charge is -2.20. The number of likely N-dealkylation sites (tertiary alicyclic amines) is 1. The molecule has 1 fully saturated rings. The predicted molar refractivity (Wildman–Crippen MR) is 61.2 cm³/mol. The first-order valence-corrected chi connectivity index (χ1v) is 5.90.